The van der Waals surface area contributed by atoms with Gasteiger partial charge >= 0.3 is 0 Å². The Balaban J connectivity index is 1.76. The summed E-state index contributed by atoms with van der Waals surface area (Å²) in [5, 5.41) is 11.3. The lowest BCUT2D eigenvalue weighted by Crippen LogP contribution is -2.37. The van der Waals surface area contributed by atoms with Crippen molar-refractivity contribution < 1.29 is 17.7 Å². The number of nitrogens with zero attached hydrogens (tertiary/aromatic N) is 3. The molecule has 140 valence electrons. The number of halogens is 1. The minimum atomic E-state index is -3.27. The lowest BCUT2D eigenvalue weighted by atomic mass is 10.1. The molecule has 2 saturated heterocycles. The maximum atomic E-state index is 13.3. The Kier molecular flexibility index (Phi) is 4.11. The van der Waals surface area contributed by atoms with Gasteiger partial charge in [0.15, 0.2) is 14.9 Å². The quantitative estimate of drug-likeness (QED) is 0.439. The largest absolute Gasteiger partial charge is 0.312 e. The van der Waals surface area contributed by atoms with Crippen LogP contribution in [0.4, 0.5) is 21.5 Å². The maximum absolute atomic E-state index is 13.3. The van der Waals surface area contributed by atoms with Crippen LogP contribution < -0.4 is 9.80 Å². The van der Waals surface area contributed by atoms with Crippen LogP contribution in [0.25, 0.3) is 0 Å². The fourth-order valence-electron chi connectivity index (χ4n) is 3.64. The molecule has 0 aliphatic carbocycles. The molecule has 0 bridgehead atoms. The summed E-state index contributed by atoms with van der Waals surface area (Å²) in [7, 11) is -3.27. The summed E-state index contributed by atoms with van der Waals surface area (Å²) in [6.45, 7) is 0. The third-order valence-corrected chi connectivity index (χ3v) is 6.90. The molecule has 2 aromatic rings. The lowest BCUT2D eigenvalue weighted by molar-refractivity contribution is -0.384. The minimum Gasteiger partial charge on any atom is -0.312 e. The molecule has 7 nitrogen and oxygen atoms in total. The number of rotatable bonds is 3. The minimum absolute atomic E-state index is 0.0569. The Bertz CT molecular complexity index is 1030. The van der Waals surface area contributed by atoms with E-state index in [0.29, 0.717) is 16.5 Å². The van der Waals surface area contributed by atoms with Gasteiger partial charge in [0.1, 0.15) is 5.82 Å². The number of hydrogen-bond donors (Lipinski definition) is 0. The Morgan fingerprint density at radius 3 is 1.85 bits per heavy atom. The van der Waals surface area contributed by atoms with Crippen LogP contribution in [0, 0.1) is 15.9 Å². The van der Waals surface area contributed by atoms with E-state index in [1.165, 1.54) is 24.3 Å². The molecule has 0 unspecified atom stereocenters. The highest BCUT2D eigenvalue weighted by atomic mass is 32.2. The fraction of sp³-hybridized carbons (Fsp3) is 0.235. The molecule has 10 heteroatoms. The highest BCUT2D eigenvalue weighted by molar-refractivity contribution is 7.91. The molecule has 0 saturated carbocycles. The summed E-state index contributed by atoms with van der Waals surface area (Å²) in [6.07, 6.45) is 0. The molecule has 0 N–H and O–H groups in total. The van der Waals surface area contributed by atoms with Crippen molar-refractivity contribution in [2.75, 3.05) is 21.3 Å². The molecule has 4 rings (SSSR count). The second-order valence-electron chi connectivity index (χ2n) is 6.48. The van der Waals surface area contributed by atoms with Crippen LogP contribution in [0.2, 0.25) is 0 Å². The zero-order valence-electron chi connectivity index (χ0n) is 13.9. The molecule has 2 atom stereocenters. The van der Waals surface area contributed by atoms with Gasteiger partial charge in [0.2, 0.25) is 0 Å². The van der Waals surface area contributed by atoms with Gasteiger partial charge in [0, 0.05) is 23.5 Å². The Labute approximate surface area is 160 Å². The predicted octanol–water partition coefficient (Wildman–Crippen LogP) is 2.51. The van der Waals surface area contributed by atoms with Crippen molar-refractivity contribution >= 4 is 44.2 Å². The van der Waals surface area contributed by atoms with Gasteiger partial charge in [-0.05, 0) is 48.6 Å². The highest BCUT2D eigenvalue weighted by Gasteiger charge is 2.52. The number of thiocarbonyl (C=S) groups is 1. The molecule has 0 aromatic heterocycles. The van der Waals surface area contributed by atoms with Crippen molar-refractivity contribution in [1.29, 1.82) is 0 Å². The summed E-state index contributed by atoms with van der Waals surface area (Å²) in [6, 6.07) is 10.7. The number of non-ortho nitro benzene ring substituents is 1. The average Bonchev–Trinajstić information content (AvgIpc) is 3.05. The summed E-state index contributed by atoms with van der Waals surface area (Å²) < 4.78 is 37.8. The molecular formula is C17H14FN3O4S2. The van der Waals surface area contributed by atoms with E-state index in [-0.39, 0.29) is 17.2 Å². The predicted molar refractivity (Wildman–Crippen MR) is 103 cm³/mol. The number of sulfone groups is 1. The normalized spacial score (nSPS) is 23.5. The topological polar surface area (TPSA) is 83.8 Å². The summed E-state index contributed by atoms with van der Waals surface area (Å²) in [5.74, 6) is -0.516. The van der Waals surface area contributed by atoms with Crippen molar-refractivity contribution in [2.24, 2.45) is 0 Å². The van der Waals surface area contributed by atoms with Crippen LogP contribution in [-0.2, 0) is 9.84 Å². The molecule has 2 aliphatic rings. The molecule has 2 aromatic carbocycles. The molecular weight excluding hydrogens is 393 g/mol. The first-order chi connectivity index (χ1) is 12.8. The zero-order chi connectivity index (χ0) is 19.3. The number of nitro benzene ring substituents is 1. The number of anilines is 2. The monoisotopic (exact) mass is 407 g/mol. The van der Waals surface area contributed by atoms with Gasteiger partial charge in [-0.2, -0.15) is 0 Å². The number of hydrogen-bond acceptors (Lipinski definition) is 5. The Hall–Kier alpha value is -2.59. The van der Waals surface area contributed by atoms with Gasteiger partial charge < -0.3 is 9.80 Å². The standard InChI is InChI=1S/C17H14FN3O4S2/c18-11-1-3-12(4-2-11)19-15-9-27(24,25)10-16(15)20(17(19)26)13-5-7-14(8-6-13)21(22)23/h1-8,15-16H,9-10H2/t15-,16+/m0/s1. The summed E-state index contributed by atoms with van der Waals surface area (Å²) in [5.41, 5.74) is 1.13. The van der Waals surface area contributed by atoms with Gasteiger partial charge in [0.05, 0.1) is 28.5 Å². The SMILES string of the molecule is O=[N+]([O-])c1ccc(N2C(=S)N(c3ccc(F)cc3)[C@H]3CS(=O)(=O)C[C@H]32)cc1. The van der Waals surface area contributed by atoms with Gasteiger partial charge in [-0.15, -0.1) is 0 Å². The van der Waals surface area contributed by atoms with Crippen molar-refractivity contribution in [3.8, 4) is 0 Å². The first kappa shape index (κ1) is 17.8. The first-order valence-electron chi connectivity index (χ1n) is 8.10. The Morgan fingerprint density at radius 2 is 1.41 bits per heavy atom. The van der Waals surface area contributed by atoms with E-state index in [1.807, 2.05) is 0 Å². The molecule has 0 amide bonds. The van der Waals surface area contributed by atoms with Crippen LogP contribution in [0.5, 0.6) is 0 Å². The number of nitro groups is 1. The van der Waals surface area contributed by atoms with Gasteiger partial charge in [-0.25, -0.2) is 12.8 Å². The number of fused-ring (bicyclic) bond motifs is 1. The van der Waals surface area contributed by atoms with Crippen LogP contribution in [-0.4, -0.2) is 42.0 Å². The molecule has 0 radical (unpaired) electrons. The molecule has 2 aliphatic heterocycles. The summed E-state index contributed by atoms with van der Waals surface area (Å²) in [4.78, 5) is 13.8. The molecule has 2 heterocycles. The van der Waals surface area contributed by atoms with Crippen LogP contribution >= 0.6 is 12.2 Å². The van der Waals surface area contributed by atoms with E-state index in [1.54, 1.807) is 34.1 Å². The van der Waals surface area contributed by atoms with Crippen molar-refractivity contribution in [2.45, 2.75) is 12.1 Å². The van der Waals surface area contributed by atoms with Gasteiger partial charge in [0.25, 0.3) is 5.69 Å². The van der Waals surface area contributed by atoms with Crippen LogP contribution in [0.3, 0.4) is 0 Å². The second-order valence-corrected chi connectivity index (χ2v) is 9.00. The van der Waals surface area contributed by atoms with Crippen LogP contribution in [0.1, 0.15) is 0 Å². The van der Waals surface area contributed by atoms with Gasteiger partial charge in [-0.3, -0.25) is 10.1 Å². The van der Waals surface area contributed by atoms with E-state index >= 15 is 0 Å². The Morgan fingerprint density at radius 1 is 0.963 bits per heavy atom. The first-order valence-corrected chi connectivity index (χ1v) is 10.3. The third-order valence-electron chi connectivity index (χ3n) is 4.81. The maximum Gasteiger partial charge on any atom is 0.269 e. The van der Waals surface area contributed by atoms with E-state index in [0.717, 1.165) is 0 Å². The third kappa shape index (κ3) is 3.04. The molecule has 0 spiro atoms. The van der Waals surface area contributed by atoms with Crippen molar-refractivity contribution in [1.82, 2.24) is 0 Å². The van der Waals surface area contributed by atoms with E-state index in [2.05, 4.69) is 0 Å². The van der Waals surface area contributed by atoms with E-state index in [4.69, 9.17) is 12.2 Å². The van der Waals surface area contributed by atoms with Crippen LogP contribution in [0.15, 0.2) is 48.5 Å². The lowest BCUT2D eigenvalue weighted by Gasteiger charge is -2.25. The fourth-order valence-corrected chi connectivity index (χ4v) is 6.04. The van der Waals surface area contributed by atoms with Crippen molar-refractivity contribution in [3.05, 3.63) is 64.5 Å². The average molecular weight is 407 g/mol. The van der Waals surface area contributed by atoms with Crippen molar-refractivity contribution in [3.63, 3.8) is 0 Å². The molecule has 27 heavy (non-hydrogen) atoms. The molecule has 2 fully saturated rings. The second kappa shape index (κ2) is 6.24. The van der Waals surface area contributed by atoms with Gasteiger partial charge in [-0.1, -0.05) is 0 Å². The smallest absolute Gasteiger partial charge is 0.269 e. The summed E-state index contributed by atoms with van der Waals surface area (Å²) >= 11 is 5.60. The van der Waals surface area contributed by atoms with E-state index in [9.17, 15) is 22.9 Å². The number of benzene rings is 2. The highest BCUT2D eigenvalue weighted by Crippen LogP contribution is 2.38. The van der Waals surface area contributed by atoms with E-state index < -0.39 is 32.7 Å². The zero-order valence-corrected chi connectivity index (χ0v) is 15.5.